The minimum atomic E-state index is -3.75. The number of hydrogen-bond acceptors (Lipinski definition) is 3. The first-order chi connectivity index (χ1) is 6.89. The minimum Gasteiger partial charge on any atom is -0.461 e. The molecule has 0 radical (unpaired) electrons. The fourth-order valence-corrected chi connectivity index (χ4v) is 2.41. The van der Waals surface area contributed by atoms with E-state index in [0.29, 0.717) is 0 Å². The number of thiophene rings is 1. The Bertz CT molecular complexity index is 379. The summed E-state index contributed by atoms with van der Waals surface area (Å²) in [5, 5.41) is 0. The van der Waals surface area contributed by atoms with Crippen LogP contribution in [0.2, 0.25) is 8.67 Å². The third kappa shape index (κ3) is 2.59. The van der Waals surface area contributed by atoms with Crippen molar-refractivity contribution in [2.24, 2.45) is 0 Å². The van der Waals surface area contributed by atoms with Gasteiger partial charge in [0.25, 0.3) is 0 Å². The summed E-state index contributed by atoms with van der Waals surface area (Å²) >= 11 is 11.8. The molecular weight excluding hydrogens is 269 g/mol. The van der Waals surface area contributed by atoms with Crippen molar-refractivity contribution >= 4 is 40.5 Å². The summed E-state index contributed by atoms with van der Waals surface area (Å²) in [6.45, 7) is 1.32. The zero-order chi connectivity index (χ0) is 11.6. The van der Waals surface area contributed by atoms with E-state index in [-0.39, 0.29) is 15.3 Å². The van der Waals surface area contributed by atoms with Crippen LogP contribution in [-0.2, 0) is 15.5 Å². The molecule has 0 saturated heterocycles. The molecule has 0 saturated carbocycles. The molecule has 15 heavy (non-hydrogen) atoms. The van der Waals surface area contributed by atoms with Gasteiger partial charge in [-0.3, -0.25) is 0 Å². The van der Waals surface area contributed by atoms with Gasteiger partial charge in [-0.05, 0) is 13.0 Å². The van der Waals surface area contributed by atoms with Gasteiger partial charge in [0, 0.05) is 0 Å². The molecule has 2 nitrogen and oxygen atoms in total. The van der Waals surface area contributed by atoms with Gasteiger partial charge in [-0.25, -0.2) is 4.79 Å². The van der Waals surface area contributed by atoms with E-state index < -0.39 is 17.5 Å². The summed E-state index contributed by atoms with van der Waals surface area (Å²) in [6, 6.07) is 0.964. The van der Waals surface area contributed by atoms with Crippen molar-refractivity contribution in [3.05, 3.63) is 20.3 Å². The standard InChI is InChI=1S/C8H6Cl2F2O2S/c1-2-14-7(13)8(11,12)4-3-5(9)15-6(4)10/h3H,2H2,1H3. The Labute approximate surface area is 98.7 Å². The van der Waals surface area contributed by atoms with Gasteiger partial charge in [-0.1, -0.05) is 23.2 Å². The third-order valence-corrected chi connectivity index (χ3v) is 3.01. The van der Waals surface area contributed by atoms with Crippen molar-refractivity contribution in [3.63, 3.8) is 0 Å². The summed E-state index contributed by atoms with van der Waals surface area (Å²) in [6.07, 6.45) is 0. The van der Waals surface area contributed by atoms with Gasteiger partial charge in [0.1, 0.15) is 4.34 Å². The molecule has 1 heterocycles. The van der Waals surface area contributed by atoms with Gasteiger partial charge in [0.2, 0.25) is 0 Å². The van der Waals surface area contributed by atoms with Crippen LogP contribution in [0.25, 0.3) is 0 Å². The highest BCUT2D eigenvalue weighted by molar-refractivity contribution is 7.20. The smallest absolute Gasteiger partial charge is 0.382 e. The zero-order valence-corrected chi connectivity index (χ0v) is 9.85. The van der Waals surface area contributed by atoms with Crippen molar-refractivity contribution in [1.29, 1.82) is 0 Å². The van der Waals surface area contributed by atoms with Gasteiger partial charge in [0.05, 0.1) is 16.5 Å². The van der Waals surface area contributed by atoms with Crippen LogP contribution in [0.4, 0.5) is 8.78 Å². The molecule has 0 bridgehead atoms. The molecule has 1 rings (SSSR count). The molecule has 1 aromatic heterocycles. The molecule has 0 aliphatic carbocycles. The number of carbonyl (C=O) groups excluding carboxylic acids is 1. The number of alkyl halides is 2. The second-order valence-electron chi connectivity index (χ2n) is 2.53. The monoisotopic (exact) mass is 274 g/mol. The predicted octanol–water partition coefficient (Wildman–Crippen LogP) is 3.71. The average Bonchev–Trinajstić information content (AvgIpc) is 2.46. The Morgan fingerprint density at radius 3 is 2.60 bits per heavy atom. The molecular formula is C8H6Cl2F2O2S. The quantitative estimate of drug-likeness (QED) is 0.786. The van der Waals surface area contributed by atoms with Crippen molar-refractivity contribution < 1.29 is 18.3 Å². The van der Waals surface area contributed by atoms with Crippen molar-refractivity contribution in [2.75, 3.05) is 6.61 Å². The molecule has 0 fully saturated rings. The number of hydrogen-bond donors (Lipinski definition) is 0. The second-order valence-corrected chi connectivity index (χ2v) is 4.82. The lowest BCUT2D eigenvalue weighted by atomic mass is 10.2. The number of esters is 1. The highest BCUT2D eigenvalue weighted by atomic mass is 35.5. The Morgan fingerprint density at radius 1 is 1.60 bits per heavy atom. The van der Waals surface area contributed by atoms with E-state index in [1.54, 1.807) is 0 Å². The molecule has 0 aliphatic heterocycles. The third-order valence-electron chi connectivity index (χ3n) is 1.53. The highest BCUT2D eigenvalue weighted by Gasteiger charge is 2.45. The highest BCUT2D eigenvalue weighted by Crippen LogP contribution is 2.41. The van der Waals surface area contributed by atoms with Crippen LogP contribution < -0.4 is 0 Å². The SMILES string of the molecule is CCOC(=O)C(F)(F)c1cc(Cl)sc1Cl. The van der Waals surface area contributed by atoms with Gasteiger partial charge in [-0.15, -0.1) is 11.3 Å². The Hall–Kier alpha value is -0.390. The summed E-state index contributed by atoms with van der Waals surface area (Å²) in [5.41, 5.74) is -0.613. The lowest BCUT2D eigenvalue weighted by Gasteiger charge is -2.13. The van der Waals surface area contributed by atoms with E-state index in [1.165, 1.54) is 6.92 Å². The number of ether oxygens (including phenoxy) is 1. The maximum Gasteiger partial charge on any atom is 0.382 e. The lowest BCUT2D eigenvalue weighted by Crippen LogP contribution is -2.28. The molecule has 0 atom stereocenters. The van der Waals surface area contributed by atoms with Gasteiger partial charge < -0.3 is 4.74 Å². The van der Waals surface area contributed by atoms with E-state index in [4.69, 9.17) is 23.2 Å². The minimum absolute atomic E-state index is 0.0963. The summed E-state index contributed by atoms with van der Waals surface area (Å²) < 4.78 is 30.9. The van der Waals surface area contributed by atoms with Crippen molar-refractivity contribution in [2.45, 2.75) is 12.8 Å². The van der Waals surface area contributed by atoms with Crippen LogP contribution in [-0.4, -0.2) is 12.6 Å². The van der Waals surface area contributed by atoms with Crippen LogP contribution in [0, 0.1) is 0 Å². The largest absolute Gasteiger partial charge is 0.461 e. The normalized spacial score (nSPS) is 11.5. The Morgan fingerprint density at radius 2 is 2.20 bits per heavy atom. The Balaban J connectivity index is 3.04. The van der Waals surface area contributed by atoms with E-state index >= 15 is 0 Å². The fourth-order valence-electron chi connectivity index (χ4n) is 0.886. The number of rotatable bonds is 3. The molecule has 0 aliphatic rings. The average molecular weight is 275 g/mol. The molecule has 0 amide bonds. The maximum atomic E-state index is 13.4. The number of carbonyl (C=O) groups is 1. The van der Waals surface area contributed by atoms with E-state index in [0.717, 1.165) is 17.4 Å². The molecule has 1 aromatic rings. The molecule has 0 N–H and O–H groups in total. The van der Waals surface area contributed by atoms with E-state index in [1.807, 2.05) is 0 Å². The van der Waals surface area contributed by atoms with Crippen molar-refractivity contribution in [3.8, 4) is 0 Å². The van der Waals surface area contributed by atoms with Gasteiger partial charge in [0.15, 0.2) is 0 Å². The molecule has 0 spiro atoms. The van der Waals surface area contributed by atoms with Crippen LogP contribution in [0.3, 0.4) is 0 Å². The van der Waals surface area contributed by atoms with Crippen LogP contribution in [0.5, 0.6) is 0 Å². The summed E-state index contributed by atoms with van der Waals surface area (Å²) in [7, 11) is 0. The fraction of sp³-hybridized carbons (Fsp3) is 0.375. The first kappa shape index (κ1) is 12.7. The molecule has 0 unspecified atom stereocenters. The van der Waals surface area contributed by atoms with Crippen LogP contribution in [0.15, 0.2) is 6.07 Å². The second kappa shape index (κ2) is 4.63. The predicted molar refractivity (Wildman–Crippen MR) is 54.9 cm³/mol. The van der Waals surface area contributed by atoms with Gasteiger partial charge >= 0.3 is 11.9 Å². The first-order valence-electron chi connectivity index (χ1n) is 3.90. The van der Waals surface area contributed by atoms with Crippen LogP contribution in [0.1, 0.15) is 12.5 Å². The summed E-state index contributed by atoms with van der Waals surface area (Å²) in [4.78, 5) is 11.0. The molecule has 84 valence electrons. The van der Waals surface area contributed by atoms with Crippen molar-refractivity contribution in [1.82, 2.24) is 0 Å². The lowest BCUT2D eigenvalue weighted by molar-refractivity contribution is -0.173. The molecule has 0 aromatic carbocycles. The topological polar surface area (TPSA) is 26.3 Å². The zero-order valence-electron chi connectivity index (χ0n) is 7.52. The van der Waals surface area contributed by atoms with Gasteiger partial charge in [-0.2, -0.15) is 8.78 Å². The van der Waals surface area contributed by atoms with Crippen LogP contribution >= 0.6 is 34.5 Å². The van der Waals surface area contributed by atoms with E-state index in [9.17, 15) is 13.6 Å². The molecule has 7 heteroatoms. The summed E-state index contributed by atoms with van der Waals surface area (Å²) in [5.74, 6) is -5.38. The Kier molecular flexibility index (Phi) is 3.92. The first-order valence-corrected chi connectivity index (χ1v) is 5.47. The maximum absolute atomic E-state index is 13.4. The van der Waals surface area contributed by atoms with E-state index in [2.05, 4.69) is 4.74 Å². The number of halogens is 4.